The summed E-state index contributed by atoms with van der Waals surface area (Å²) in [5.74, 6) is -0.0802. The first-order valence-corrected chi connectivity index (χ1v) is 6.76. The summed E-state index contributed by atoms with van der Waals surface area (Å²) in [7, 11) is 0. The SMILES string of the molecule is C=CCn1c(C(C)NC(=O)c2ccc(F)cc2)n[nH]c1=S. The van der Waals surface area contributed by atoms with Crippen molar-refractivity contribution in [1.29, 1.82) is 0 Å². The minimum Gasteiger partial charge on any atom is -0.342 e. The van der Waals surface area contributed by atoms with E-state index in [0.717, 1.165) is 0 Å². The van der Waals surface area contributed by atoms with Gasteiger partial charge in [0.25, 0.3) is 5.91 Å². The third kappa shape index (κ3) is 3.43. The molecule has 0 aliphatic heterocycles. The van der Waals surface area contributed by atoms with Gasteiger partial charge in [-0.3, -0.25) is 14.5 Å². The van der Waals surface area contributed by atoms with E-state index in [9.17, 15) is 9.18 Å². The number of halogens is 1. The van der Waals surface area contributed by atoms with Gasteiger partial charge in [-0.05, 0) is 43.4 Å². The predicted octanol–water partition coefficient (Wildman–Crippen LogP) is 2.76. The van der Waals surface area contributed by atoms with Crippen molar-refractivity contribution in [3.8, 4) is 0 Å². The Morgan fingerprint density at radius 1 is 1.57 bits per heavy atom. The van der Waals surface area contributed by atoms with Crippen LogP contribution in [-0.4, -0.2) is 20.7 Å². The van der Waals surface area contributed by atoms with Gasteiger partial charge in [-0.2, -0.15) is 5.10 Å². The van der Waals surface area contributed by atoms with Crippen molar-refractivity contribution in [3.05, 3.63) is 58.9 Å². The minimum absolute atomic E-state index is 0.304. The Morgan fingerprint density at radius 2 is 2.24 bits per heavy atom. The lowest BCUT2D eigenvalue weighted by atomic mass is 10.2. The van der Waals surface area contributed by atoms with Crippen molar-refractivity contribution in [2.45, 2.75) is 19.5 Å². The Morgan fingerprint density at radius 3 is 2.86 bits per heavy atom. The lowest BCUT2D eigenvalue weighted by Gasteiger charge is -2.14. The number of nitrogens with one attached hydrogen (secondary N) is 2. The largest absolute Gasteiger partial charge is 0.342 e. The van der Waals surface area contributed by atoms with Gasteiger partial charge in [-0.1, -0.05) is 6.08 Å². The third-order valence-electron chi connectivity index (χ3n) is 2.94. The maximum absolute atomic E-state index is 12.8. The lowest BCUT2D eigenvalue weighted by Crippen LogP contribution is -2.28. The van der Waals surface area contributed by atoms with Crippen LogP contribution in [-0.2, 0) is 6.54 Å². The number of H-pyrrole nitrogens is 1. The first-order valence-electron chi connectivity index (χ1n) is 6.35. The fraction of sp³-hybridized carbons (Fsp3) is 0.214. The van der Waals surface area contributed by atoms with E-state index in [1.165, 1.54) is 24.3 Å². The number of nitrogens with zero attached hydrogens (tertiary/aromatic N) is 2. The van der Waals surface area contributed by atoms with Crippen molar-refractivity contribution in [2.75, 3.05) is 0 Å². The maximum atomic E-state index is 12.8. The highest BCUT2D eigenvalue weighted by atomic mass is 32.1. The number of aromatic amines is 1. The smallest absolute Gasteiger partial charge is 0.251 e. The second-order valence-corrected chi connectivity index (χ2v) is 4.87. The fourth-order valence-corrected chi connectivity index (χ4v) is 2.13. The van der Waals surface area contributed by atoms with Crippen LogP contribution in [0.25, 0.3) is 0 Å². The van der Waals surface area contributed by atoms with Gasteiger partial charge in [0.2, 0.25) is 0 Å². The highest BCUT2D eigenvalue weighted by Gasteiger charge is 2.16. The molecule has 0 aliphatic rings. The molecule has 1 aromatic carbocycles. The van der Waals surface area contributed by atoms with Crippen molar-refractivity contribution < 1.29 is 9.18 Å². The molecule has 2 aromatic rings. The van der Waals surface area contributed by atoms with Crippen molar-refractivity contribution in [1.82, 2.24) is 20.1 Å². The molecule has 110 valence electrons. The second-order valence-electron chi connectivity index (χ2n) is 4.49. The minimum atomic E-state index is -0.383. The molecule has 2 rings (SSSR count). The molecule has 7 heteroatoms. The molecule has 1 atom stereocenters. The first kappa shape index (κ1) is 15.1. The molecule has 5 nitrogen and oxygen atoms in total. The van der Waals surface area contributed by atoms with Crippen LogP contribution in [0.4, 0.5) is 4.39 Å². The number of amides is 1. The number of hydrogen-bond donors (Lipinski definition) is 2. The van der Waals surface area contributed by atoms with Gasteiger partial charge in [0.15, 0.2) is 10.6 Å². The van der Waals surface area contributed by atoms with Crippen LogP contribution < -0.4 is 5.32 Å². The Balaban J connectivity index is 2.16. The molecule has 0 fully saturated rings. The zero-order valence-electron chi connectivity index (χ0n) is 11.5. The van der Waals surface area contributed by atoms with Gasteiger partial charge in [-0.25, -0.2) is 4.39 Å². The molecule has 1 aromatic heterocycles. The number of aromatic nitrogens is 3. The molecule has 0 aliphatic carbocycles. The predicted molar refractivity (Wildman–Crippen MR) is 79.9 cm³/mol. The molecule has 1 heterocycles. The maximum Gasteiger partial charge on any atom is 0.251 e. The molecular formula is C14H15FN4OS. The van der Waals surface area contributed by atoms with Crippen LogP contribution in [0.1, 0.15) is 29.1 Å². The van der Waals surface area contributed by atoms with Crippen molar-refractivity contribution >= 4 is 18.1 Å². The van der Waals surface area contributed by atoms with E-state index in [0.29, 0.717) is 22.7 Å². The summed E-state index contributed by atoms with van der Waals surface area (Å²) < 4.78 is 15.1. The lowest BCUT2D eigenvalue weighted by molar-refractivity contribution is 0.0937. The van der Waals surface area contributed by atoms with Gasteiger partial charge in [0.05, 0.1) is 6.04 Å². The summed E-state index contributed by atoms with van der Waals surface area (Å²) >= 11 is 5.12. The third-order valence-corrected chi connectivity index (χ3v) is 3.25. The summed E-state index contributed by atoms with van der Waals surface area (Å²) in [6.45, 7) is 5.96. The van der Waals surface area contributed by atoms with E-state index in [1.54, 1.807) is 17.6 Å². The van der Waals surface area contributed by atoms with Crippen LogP contribution in [0.3, 0.4) is 0 Å². The molecule has 0 saturated heterocycles. The molecule has 1 unspecified atom stereocenters. The van der Waals surface area contributed by atoms with Gasteiger partial charge in [0.1, 0.15) is 5.82 Å². The van der Waals surface area contributed by atoms with E-state index in [1.807, 2.05) is 0 Å². The van der Waals surface area contributed by atoms with Crippen LogP contribution >= 0.6 is 12.2 Å². The van der Waals surface area contributed by atoms with Crippen LogP contribution in [0.5, 0.6) is 0 Å². The molecule has 21 heavy (non-hydrogen) atoms. The quantitative estimate of drug-likeness (QED) is 0.659. The Kier molecular flexibility index (Phi) is 4.64. The highest BCUT2D eigenvalue weighted by Crippen LogP contribution is 2.12. The Labute approximate surface area is 126 Å². The second kappa shape index (κ2) is 6.45. The van der Waals surface area contributed by atoms with Crippen molar-refractivity contribution in [3.63, 3.8) is 0 Å². The number of rotatable bonds is 5. The van der Waals surface area contributed by atoms with Crippen molar-refractivity contribution in [2.24, 2.45) is 0 Å². The van der Waals surface area contributed by atoms with E-state index in [2.05, 4.69) is 22.1 Å². The molecule has 0 bridgehead atoms. The molecule has 0 saturated carbocycles. The summed E-state index contributed by atoms with van der Waals surface area (Å²) in [4.78, 5) is 12.1. The summed E-state index contributed by atoms with van der Waals surface area (Å²) in [6, 6.07) is 4.99. The van der Waals surface area contributed by atoms with E-state index < -0.39 is 0 Å². The molecule has 2 N–H and O–H groups in total. The average molecular weight is 306 g/mol. The van der Waals surface area contributed by atoms with E-state index in [4.69, 9.17) is 12.2 Å². The van der Waals surface area contributed by atoms with Gasteiger partial charge < -0.3 is 5.32 Å². The molecular weight excluding hydrogens is 291 g/mol. The standard InChI is InChI=1S/C14H15FN4OS/c1-3-8-19-12(17-18-14(19)21)9(2)16-13(20)10-4-6-11(15)7-5-10/h3-7,9H,1,8H2,2H3,(H,16,20)(H,18,21). The number of allylic oxidation sites excluding steroid dienone is 1. The number of carbonyl (C=O) groups is 1. The number of carbonyl (C=O) groups excluding carboxylic acids is 1. The molecule has 1 amide bonds. The van der Waals surface area contributed by atoms with Gasteiger partial charge >= 0.3 is 0 Å². The first-order chi connectivity index (χ1) is 10.0. The van der Waals surface area contributed by atoms with Crippen LogP contribution in [0.2, 0.25) is 0 Å². The average Bonchev–Trinajstić information content (AvgIpc) is 2.81. The van der Waals surface area contributed by atoms with Gasteiger partial charge in [0, 0.05) is 12.1 Å². The van der Waals surface area contributed by atoms with Crippen LogP contribution in [0.15, 0.2) is 36.9 Å². The number of hydrogen-bond acceptors (Lipinski definition) is 3. The van der Waals surface area contributed by atoms with Crippen LogP contribution in [0, 0.1) is 10.6 Å². The number of benzene rings is 1. The molecule has 0 spiro atoms. The monoisotopic (exact) mass is 306 g/mol. The summed E-state index contributed by atoms with van der Waals surface area (Å²) in [5.41, 5.74) is 0.382. The summed E-state index contributed by atoms with van der Waals surface area (Å²) in [6.07, 6.45) is 1.70. The topological polar surface area (TPSA) is 62.7 Å². The zero-order chi connectivity index (χ0) is 15.4. The zero-order valence-corrected chi connectivity index (χ0v) is 12.3. The highest BCUT2D eigenvalue weighted by molar-refractivity contribution is 7.71. The van der Waals surface area contributed by atoms with E-state index >= 15 is 0 Å². The Hall–Kier alpha value is -2.28. The normalized spacial score (nSPS) is 11.9. The Bertz CT molecular complexity index is 705. The fourth-order valence-electron chi connectivity index (χ4n) is 1.91. The summed E-state index contributed by atoms with van der Waals surface area (Å²) in [5, 5.41) is 9.61. The van der Waals surface area contributed by atoms with Gasteiger partial charge in [-0.15, -0.1) is 6.58 Å². The van der Waals surface area contributed by atoms with E-state index in [-0.39, 0.29) is 17.8 Å². The molecule has 0 radical (unpaired) electrons.